The van der Waals surface area contributed by atoms with Gasteiger partial charge in [0.05, 0.1) is 5.75 Å². The van der Waals surface area contributed by atoms with E-state index in [4.69, 9.17) is 10.3 Å². The molecule has 0 amide bonds. The van der Waals surface area contributed by atoms with Crippen molar-refractivity contribution in [3.8, 4) is 0 Å². The van der Waals surface area contributed by atoms with E-state index in [1.165, 1.54) is 0 Å². The molecule has 15 heavy (non-hydrogen) atoms. The Morgan fingerprint density at radius 3 is 2.33 bits per heavy atom. The minimum atomic E-state index is -3.67. The van der Waals surface area contributed by atoms with Gasteiger partial charge in [-0.15, -0.1) is 0 Å². The van der Waals surface area contributed by atoms with Crippen LogP contribution in [0.5, 0.6) is 0 Å². The lowest BCUT2D eigenvalue weighted by atomic mass is 10.6. The molecule has 7 heteroatoms. The number of carbonyl (C=O) groups is 1. The highest BCUT2D eigenvalue weighted by atomic mass is 32.2. The van der Waals surface area contributed by atoms with Crippen molar-refractivity contribution in [1.29, 1.82) is 0 Å². The fourth-order valence-corrected chi connectivity index (χ4v) is 0.992. The van der Waals surface area contributed by atoms with Crippen molar-refractivity contribution in [3.05, 3.63) is 12.7 Å². The lowest BCUT2D eigenvalue weighted by Crippen LogP contribution is -2.11. The Kier molecular flexibility index (Phi) is 10.6. The Morgan fingerprint density at radius 2 is 2.13 bits per heavy atom. The zero-order valence-electron chi connectivity index (χ0n) is 8.68. The third-order valence-electron chi connectivity index (χ3n) is 0.991. The van der Waals surface area contributed by atoms with Crippen molar-refractivity contribution in [2.75, 3.05) is 18.9 Å². The second-order valence-electron chi connectivity index (χ2n) is 2.45. The highest BCUT2D eigenvalue weighted by Crippen LogP contribution is 1.83. The number of nitrogens with two attached hydrogens (primary N) is 1. The monoisotopic (exact) mass is 239 g/mol. The summed E-state index contributed by atoms with van der Waals surface area (Å²) in [5.74, 6) is -0.553. The SMILES string of the molecule is C=CC(=O)OCCN.CCCS(=O)(=O)O. The maximum absolute atomic E-state index is 10.2. The van der Waals surface area contributed by atoms with Crippen molar-refractivity contribution in [1.82, 2.24) is 0 Å². The third kappa shape index (κ3) is 19.5. The van der Waals surface area contributed by atoms with Gasteiger partial charge in [0.1, 0.15) is 6.61 Å². The first kappa shape index (κ1) is 16.5. The second kappa shape index (κ2) is 9.63. The van der Waals surface area contributed by atoms with Crippen molar-refractivity contribution < 1.29 is 22.5 Å². The van der Waals surface area contributed by atoms with Crippen LogP contribution in [0.25, 0.3) is 0 Å². The Balaban J connectivity index is 0. The Bertz CT molecular complexity index is 273. The van der Waals surface area contributed by atoms with E-state index in [-0.39, 0.29) is 12.4 Å². The summed E-state index contributed by atoms with van der Waals surface area (Å²) in [5.41, 5.74) is 5.02. The van der Waals surface area contributed by atoms with Gasteiger partial charge >= 0.3 is 5.97 Å². The smallest absolute Gasteiger partial charge is 0.330 e. The largest absolute Gasteiger partial charge is 0.461 e. The van der Waals surface area contributed by atoms with Crippen molar-refractivity contribution in [2.24, 2.45) is 5.73 Å². The lowest BCUT2D eigenvalue weighted by Gasteiger charge is -1.94. The summed E-state index contributed by atoms with van der Waals surface area (Å²) in [6.45, 7) is 5.52. The number of hydrogen-bond acceptors (Lipinski definition) is 5. The molecule has 6 nitrogen and oxygen atoms in total. The van der Waals surface area contributed by atoms with E-state index in [9.17, 15) is 13.2 Å². The Hall–Kier alpha value is -0.920. The third-order valence-corrected chi connectivity index (χ3v) is 1.92. The molecule has 0 aromatic rings. The van der Waals surface area contributed by atoms with Crippen LogP contribution in [0.4, 0.5) is 0 Å². The average molecular weight is 239 g/mol. The molecule has 0 saturated heterocycles. The number of hydrogen-bond donors (Lipinski definition) is 2. The standard InChI is InChI=1S/C5H9NO2.C3H8O3S/c1-2-5(7)8-4-3-6;1-2-3-7(4,5)6/h2H,1,3-4,6H2;2-3H2,1H3,(H,4,5,6). The predicted molar refractivity (Wildman–Crippen MR) is 56.9 cm³/mol. The summed E-state index contributed by atoms with van der Waals surface area (Å²) in [5, 5.41) is 0. The first-order chi connectivity index (χ1) is 6.87. The van der Waals surface area contributed by atoms with Crippen LogP contribution in [-0.4, -0.2) is 37.8 Å². The van der Waals surface area contributed by atoms with E-state index in [0.29, 0.717) is 13.0 Å². The van der Waals surface area contributed by atoms with Crippen LogP contribution in [0, 0.1) is 0 Å². The molecule has 0 bridgehead atoms. The highest BCUT2D eigenvalue weighted by Gasteiger charge is 1.98. The van der Waals surface area contributed by atoms with Gasteiger partial charge in [0, 0.05) is 12.6 Å². The van der Waals surface area contributed by atoms with Crippen LogP contribution in [0.15, 0.2) is 12.7 Å². The van der Waals surface area contributed by atoms with Crippen LogP contribution in [0.3, 0.4) is 0 Å². The first-order valence-corrected chi connectivity index (χ1v) is 5.92. The molecule has 0 radical (unpaired) electrons. The lowest BCUT2D eigenvalue weighted by molar-refractivity contribution is -0.137. The van der Waals surface area contributed by atoms with E-state index in [1.54, 1.807) is 6.92 Å². The molecule has 0 fully saturated rings. The van der Waals surface area contributed by atoms with E-state index >= 15 is 0 Å². The van der Waals surface area contributed by atoms with Gasteiger partial charge in [-0.25, -0.2) is 4.79 Å². The number of rotatable bonds is 5. The van der Waals surface area contributed by atoms with Crippen molar-refractivity contribution >= 4 is 16.1 Å². The van der Waals surface area contributed by atoms with Gasteiger partial charge in [0.15, 0.2) is 0 Å². The van der Waals surface area contributed by atoms with Crippen molar-refractivity contribution in [3.63, 3.8) is 0 Å². The van der Waals surface area contributed by atoms with E-state index in [0.717, 1.165) is 6.08 Å². The van der Waals surface area contributed by atoms with Gasteiger partial charge in [0.2, 0.25) is 0 Å². The fraction of sp³-hybridized carbons (Fsp3) is 0.625. The van der Waals surface area contributed by atoms with Gasteiger partial charge in [-0.1, -0.05) is 13.5 Å². The summed E-state index contributed by atoms with van der Waals surface area (Å²) >= 11 is 0. The van der Waals surface area contributed by atoms with Gasteiger partial charge in [-0.05, 0) is 6.42 Å². The second-order valence-corrected chi connectivity index (χ2v) is 4.02. The van der Waals surface area contributed by atoms with Crippen molar-refractivity contribution in [2.45, 2.75) is 13.3 Å². The van der Waals surface area contributed by atoms with E-state index in [2.05, 4.69) is 11.3 Å². The summed E-state index contributed by atoms with van der Waals surface area (Å²) in [6.07, 6.45) is 1.58. The Labute approximate surface area is 89.9 Å². The molecule has 90 valence electrons. The molecule has 0 aliphatic rings. The quantitative estimate of drug-likeness (QED) is 0.396. The van der Waals surface area contributed by atoms with Gasteiger partial charge < -0.3 is 10.5 Å². The molecule has 0 aliphatic carbocycles. The molecule has 0 aromatic carbocycles. The first-order valence-electron chi connectivity index (χ1n) is 4.31. The highest BCUT2D eigenvalue weighted by molar-refractivity contribution is 7.85. The number of esters is 1. The number of carbonyl (C=O) groups excluding carboxylic acids is 1. The molecule has 0 unspecified atom stereocenters. The summed E-state index contributed by atoms with van der Waals surface area (Å²) in [6, 6.07) is 0. The fourth-order valence-electron chi connectivity index (χ4n) is 0.476. The summed E-state index contributed by atoms with van der Waals surface area (Å²) in [4.78, 5) is 10.2. The van der Waals surface area contributed by atoms with E-state index < -0.39 is 16.1 Å². The maximum atomic E-state index is 10.2. The van der Waals surface area contributed by atoms with Crippen LogP contribution >= 0.6 is 0 Å². The average Bonchev–Trinajstić information content (AvgIpc) is 2.13. The van der Waals surface area contributed by atoms with Gasteiger partial charge in [-0.2, -0.15) is 8.42 Å². The minimum absolute atomic E-state index is 0.132. The molecule has 0 saturated carbocycles. The summed E-state index contributed by atoms with van der Waals surface area (Å²) < 4.78 is 32.0. The molecular formula is C8H17NO5S. The van der Waals surface area contributed by atoms with Crippen LogP contribution in [0.1, 0.15) is 13.3 Å². The van der Waals surface area contributed by atoms with Gasteiger partial charge in [0.25, 0.3) is 10.1 Å². The zero-order valence-corrected chi connectivity index (χ0v) is 9.50. The molecule has 0 rings (SSSR count). The molecule has 3 N–H and O–H groups in total. The van der Waals surface area contributed by atoms with Crippen LogP contribution in [-0.2, 0) is 19.6 Å². The predicted octanol–water partition coefficient (Wildman–Crippen LogP) is -0.0415. The Morgan fingerprint density at radius 1 is 1.60 bits per heavy atom. The zero-order chi connectivity index (χ0) is 12.3. The molecular weight excluding hydrogens is 222 g/mol. The van der Waals surface area contributed by atoms with E-state index in [1.807, 2.05) is 0 Å². The minimum Gasteiger partial charge on any atom is -0.461 e. The van der Waals surface area contributed by atoms with Crippen LogP contribution in [0.2, 0.25) is 0 Å². The molecule has 0 spiro atoms. The molecule has 0 heterocycles. The summed E-state index contributed by atoms with van der Waals surface area (Å²) in [7, 11) is -3.67. The van der Waals surface area contributed by atoms with Gasteiger partial charge in [-0.3, -0.25) is 4.55 Å². The molecule has 0 atom stereocenters. The van der Waals surface area contributed by atoms with Crippen LogP contribution < -0.4 is 5.73 Å². The number of ether oxygens (including phenoxy) is 1. The normalized spacial score (nSPS) is 9.80. The molecule has 0 aromatic heterocycles. The molecule has 0 aliphatic heterocycles. The topological polar surface area (TPSA) is 107 Å². The maximum Gasteiger partial charge on any atom is 0.330 e.